The van der Waals surface area contributed by atoms with Crippen molar-refractivity contribution in [1.29, 1.82) is 0 Å². The fourth-order valence-electron chi connectivity index (χ4n) is 2.54. The lowest BCUT2D eigenvalue weighted by molar-refractivity contribution is 0.134. The summed E-state index contributed by atoms with van der Waals surface area (Å²) in [6.07, 6.45) is 6.78. The van der Waals surface area contributed by atoms with E-state index in [0.717, 1.165) is 28.8 Å². The van der Waals surface area contributed by atoms with Crippen LogP contribution in [0.25, 0.3) is 10.9 Å². The minimum Gasteiger partial charge on any atom is -0.508 e. The maximum atomic E-state index is 9.24. The quantitative estimate of drug-likeness (QED) is 0.833. The maximum Gasteiger partial charge on any atom is 0.116 e. The number of nitrogens with zero attached hydrogens (tertiary/aromatic N) is 2. The molecule has 0 unspecified atom stereocenters. The first-order valence-electron chi connectivity index (χ1n) is 7.81. The molecule has 0 atom stereocenters. The highest BCUT2D eigenvalue weighted by atomic mass is 16.3. The molecule has 0 bridgehead atoms. The Morgan fingerprint density at radius 2 is 2.04 bits per heavy atom. The molecule has 0 aliphatic carbocycles. The summed E-state index contributed by atoms with van der Waals surface area (Å²) in [5.74, 6) is 0.944. The van der Waals surface area contributed by atoms with Crippen molar-refractivity contribution in [2.75, 3.05) is 19.6 Å². The number of aromatic hydroxyl groups is 1. The topological polar surface area (TPSA) is 56.6 Å². The van der Waals surface area contributed by atoms with Gasteiger partial charge in [-0.15, -0.1) is 13.2 Å². The molecule has 1 aromatic carbocycles. The van der Waals surface area contributed by atoms with Crippen LogP contribution in [-0.2, 0) is 6.61 Å². The minimum absolute atomic E-state index is 0.0392. The number of pyridine rings is 1. The van der Waals surface area contributed by atoms with E-state index in [4.69, 9.17) is 5.11 Å². The number of phenolic OH excluding ortho intramolecular Hbond substituents is 1. The predicted molar refractivity (Wildman–Crippen MR) is 94.3 cm³/mol. The van der Waals surface area contributed by atoms with Crippen LogP contribution in [0, 0.1) is 5.92 Å². The summed E-state index contributed by atoms with van der Waals surface area (Å²) in [6, 6.07) is 6.65. The van der Waals surface area contributed by atoms with Crippen LogP contribution in [0.15, 0.2) is 55.8 Å². The highest BCUT2D eigenvalue weighted by molar-refractivity contribution is 5.83. The zero-order chi connectivity index (χ0) is 16.7. The molecule has 3 rings (SSSR count). The number of hydrogen-bond donors (Lipinski definition) is 2. The van der Waals surface area contributed by atoms with Gasteiger partial charge in [-0.1, -0.05) is 12.2 Å². The lowest BCUT2D eigenvalue weighted by Crippen LogP contribution is -2.45. The Bertz CT molecular complexity index is 661. The molecule has 0 saturated carbocycles. The van der Waals surface area contributed by atoms with Crippen LogP contribution >= 0.6 is 0 Å². The van der Waals surface area contributed by atoms with Crippen LogP contribution in [0.3, 0.4) is 0 Å². The van der Waals surface area contributed by atoms with Gasteiger partial charge in [0.05, 0.1) is 12.1 Å². The Morgan fingerprint density at radius 3 is 2.70 bits per heavy atom. The van der Waals surface area contributed by atoms with Gasteiger partial charge in [-0.2, -0.15) is 0 Å². The Balaban J connectivity index is 0.000000174. The number of benzene rings is 1. The standard InChI is InChI=1S/C10H9NO2.C9H15N/c12-6-7-3-4-11-10-2-1-8(13)5-9(7)10;1-3-5-6-10-7-9(4-2)8-10/h1-5,12-13H,6H2;3-4,9H,1-2,5-8H2. The average molecular weight is 312 g/mol. The molecular formula is C19H24N2O2. The van der Waals surface area contributed by atoms with E-state index in [9.17, 15) is 5.11 Å². The molecule has 0 spiro atoms. The van der Waals surface area contributed by atoms with Crippen molar-refractivity contribution in [2.45, 2.75) is 13.0 Å². The largest absolute Gasteiger partial charge is 0.508 e. The molecule has 1 saturated heterocycles. The number of aromatic nitrogens is 1. The van der Waals surface area contributed by atoms with E-state index in [-0.39, 0.29) is 12.4 Å². The summed E-state index contributed by atoms with van der Waals surface area (Å²) < 4.78 is 0. The first-order chi connectivity index (χ1) is 11.2. The maximum absolute atomic E-state index is 9.24. The van der Waals surface area contributed by atoms with Gasteiger partial charge in [-0.05, 0) is 36.2 Å². The zero-order valence-electron chi connectivity index (χ0n) is 13.4. The van der Waals surface area contributed by atoms with Gasteiger partial charge in [0, 0.05) is 37.1 Å². The van der Waals surface area contributed by atoms with Crippen LogP contribution in [0.1, 0.15) is 12.0 Å². The number of rotatable bonds is 5. The van der Waals surface area contributed by atoms with E-state index in [1.54, 1.807) is 30.5 Å². The second-order valence-electron chi connectivity index (χ2n) is 5.66. The van der Waals surface area contributed by atoms with Crippen molar-refractivity contribution >= 4 is 10.9 Å². The summed E-state index contributed by atoms with van der Waals surface area (Å²) in [5.41, 5.74) is 1.56. The third-order valence-electron chi connectivity index (χ3n) is 3.95. The molecule has 122 valence electrons. The van der Waals surface area contributed by atoms with E-state index < -0.39 is 0 Å². The van der Waals surface area contributed by atoms with Gasteiger partial charge in [-0.3, -0.25) is 4.98 Å². The molecule has 4 heteroatoms. The first-order valence-corrected chi connectivity index (χ1v) is 7.81. The molecule has 1 fully saturated rings. The number of hydrogen-bond acceptors (Lipinski definition) is 4. The number of aliphatic hydroxyl groups is 1. The molecule has 2 aromatic rings. The fourth-order valence-corrected chi connectivity index (χ4v) is 2.54. The molecule has 4 nitrogen and oxygen atoms in total. The lowest BCUT2D eigenvalue weighted by atomic mass is 10.0. The van der Waals surface area contributed by atoms with Gasteiger partial charge in [0.15, 0.2) is 0 Å². The highest BCUT2D eigenvalue weighted by Crippen LogP contribution is 2.21. The summed E-state index contributed by atoms with van der Waals surface area (Å²) in [6.45, 7) is 11.0. The van der Waals surface area contributed by atoms with E-state index in [0.29, 0.717) is 0 Å². The van der Waals surface area contributed by atoms with Gasteiger partial charge < -0.3 is 15.1 Å². The third-order valence-corrected chi connectivity index (χ3v) is 3.95. The molecule has 1 aliphatic heterocycles. The second kappa shape index (κ2) is 8.46. The molecule has 0 radical (unpaired) electrons. The van der Waals surface area contributed by atoms with Crippen molar-refractivity contribution in [3.05, 3.63) is 61.3 Å². The molecule has 1 aromatic heterocycles. The van der Waals surface area contributed by atoms with Crippen LogP contribution in [-0.4, -0.2) is 39.7 Å². The third kappa shape index (κ3) is 4.65. The Hall–Kier alpha value is -2.17. The van der Waals surface area contributed by atoms with Crippen LogP contribution in [0.4, 0.5) is 0 Å². The SMILES string of the molecule is C=CCCN1CC(C=C)C1.OCc1ccnc2ccc(O)cc12. The van der Waals surface area contributed by atoms with Gasteiger partial charge in [-0.25, -0.2) is 0 Å². The van der Waals surface area contributed by atoms with Crippen molar-refractivity contribution in [3.63, 3.8) is 0 Å². The highest BCUT2D eigenvalue weighted by Gasteiger charge is 2.22. The second-order valence-corrected chi connectivity index (χ2v) is 5.66. The summed E-state index contributed by atoms with van der Waals surface area (Å²) in [4.78, 5) is 6.53. The molecule has 2 heterocycles. The van der Waals surface area contributed by atoms with Gasteiger partial charge in [0.25, 0.3) is 0 Å². The minimum atomic E-state index is -0.0392. The van der Waals surface area contributed by atoms with Crippen molar-refractivity contribution in [3.8, 4) is 5.75 Å². The Kier molecular flexibility index (Phi) is 6.32. The monoisotopic (exact) mass is 312 g/mol. The molecule has 2 N–H and O–H groups in total. The van der Waals surface area contributed by atoms with Crippen molar-refractivity contribution in [2.24, 2.45) is 5.92 Å². The molecular weight excluding hydrogens is 288 g/mol. The average Bonchev–Trinajstić information content (AvgIpc) is 2.53. The Labute approximate surface area is 137 Å². The Morgan fingerprint density at radius 1 is 1.26 bits per heavy atom. The van der Waals surface area contributed by atoms with E-state index in [1.165, 1.54) is 19.6 Å². The van der Waals surface area contributed by atoms with Crippen LogP contribution in [0.5, 0.6) is 5.75 Å². The summed E-state index contributed by atoms with van der Waals surface area (Å²) >= 11 is 0. The fraction of sp³-hybridized carbons (Fsp3) is 0.316. The van der Waals surface area contributed by atoms with Crippen LogP contribution in [0.2, 0.25) is 0 Å². The lowest BCUT2D eigenvalue weighted by Gasteiger charge is -2.37. The van der Waals surface area contributed by atoms with Gasteiger partial charge in [0.2, 0.25) is 0 Å². The normalized spacial score (nSPS) is 14.7. The number of likely N-dealkylation sites (tertiary alicyclic amines) is 1. The van der Waals surface area contributed by atoms with Crippen LogP contribution < -0.4 is 0 Å². The van der Waals surface area contributed by atoms with Gasteiger partial charge in [0.1, 0.15) is 5.75 Å². The zero-order valence-corrected chi connectivity index (χ0v) is 13.4. The first kappa shape index (κ1) is 17.2. The molecule has 0 amide bonds. The van der Waals surface area contributed by atoms with Crippen molar-refractivity contribution < 1.29 is 10.2 Å². The number of aliphatic hydroxyl groups excluding tert-OH is 1. The number of phenols is 1. The molecule has 23 heavy (non-hydrogen) atoms. The summed E-state index contributed by atoms with van der Waals surface area (Å²) in [5, 5.41) is 19.1. The van der Waals surface area contributed by atoms with E-state index in [2.05, 4.69) is 23.0 Å². The van der Waals surface area contributed by atoms with Gasteiger partial charge >= 0.3 is 0 Å². The van der Waals surface area contributed by atoms with E-state index in [1.807, 2.05) is 12.2 Å². The molecule has 1 aliphatic rings. The van der Waals surface area contributed by atoms with E-state index >= 15 is 0 Å². The smallest absolute Gasteiger partial charge is 0.116 e. The summed E-state index contributed by atoms with van der Waals surface area (Å²) in [7, 11) is 0. The number of fused-ring (bicyclic) bond motifs is 1. The predicted octanol–water partition coefficient (Wildman–Crippen LogP) is 3.11. The van der Waals surface area contributed by atoms with Crippen molar-refractivity contribution in [1.82, 2.24) is 9.88 Å².